The number of hydrogen-bond acceptors (Lipinski definition) is 4. The maximum atomic E-state index is 14.4. The standard InChI is InChI=1S/C16H18F2N2O3/c1-9-19-16(12-4-3-10(17)5-14(12)18)8-23-11(7-21)6-13(16)15(22)20(9)2/h3-5,11,13,19,21H,1,6-8H2,2H3/t11-,13+,16-/m1/s1. The Hall–Kier alpha value is -1.99. The van der Waals surface area contributed by atoms with Gasteiger partial charge in [-0.05, 0) is 12.5 Å². The molecule has 3 atom stereocenters. The van der Waals surface area contributed by atoms with E-state index >= 15 is 0 Å². The highest BCUT2D eigenvalue weighted by Crippen LogP contribution is 2.43. The van der Waals surface area contributed by atoms with Gasteiger partial charge in [-0.2, -0.15) is 0 Å². The molecule has 7 heteroatoms. The van der Waals surface area contributed by atoms with Crippen LogP contribution in [0.3, 0.4) is 0 Å². The van der Waals surface area contributed by atoms with Crippen molar-refractivity contribution < 1.29 is 23.4 Å². The van der Waals surface area contributed by atoms with E-state index < -0.39 is 29.2 Å². The summed E-state index contributed by atoms with van der Waals surface area (Å²) in [7, 11) is 1.58. The average Bonchev–Trinajstić information content (AvgIpc) is 2.52. The zero-order valence-electron chi connectivity index (χ0n) is 12.7. The molecule has 2 N–H and O–H groups in total. The van der Waals surface area contributed by atoms with Crippen LogP contribution < -0.4 is 5.32 Å². The van der Waals surface area contributed by atoms with Gasteiger partial charge >= 0.3 is 0 Å². The van der Waals surface area contributed by atoms with Gasteiger partial charge in [0.2, 0.25) is 5.91 Å². The Morgan fingerprint density at radius 1 is 1.52 bits per heavy atom. The molecule has 0 unspecified atom stereocenters. The highest BCUT2D eigenvalue weighted by molar-refractivity contribution is 5.83. The number of carbonyl (C=O) groups excluding carboxylic acids is 1. The molecule has 0 radical (unpaired) electrons. The van der Waals surface area contributed by atoms with Gasteiger partial charge in [0.15, 0.2) is 0 Å². The molecule has 0 spiro atoms. The third-order valence-corrected chi connectivity index (χ3v) is 4.66. The number of carbonyl (C=O) groups is 1. The lowest BCUT2D eigenvalue weighted by molar-refractivity contribution is -0.156. The van der Waals surface area contributed by atoms with Crippen molar-refractivity contribution in [3.63, 3.8) is 0 Å². The summed E-state index contributed by atoms with van der Waals surface area (Å²) in [5.41, 5.74) is -1.01. The molecule has 2 heterocycles. The Morgan fingerprint density at radius 2 is 2.26 bits per heavy atom. The Balaban J connectivity index is 2.11. The SMILES string of the molecule is C=C1N[C@@]2(c3ccc(F)cc3F)CO[C@@H](CO)C[C@H]2C(=O)N1C. The highest BCUT2D eigenvalue weighted by Gasteiger charge is 2.54. The molecule has 124 valence electrons. The van der Waals surface area contributed by atoms with Gasteiger partial charge in [0, 0.05) is 18.7 Å². The third-order valence-electron chi connectivity index (χ3n) is 4.66. The van der Waals surface area contributed by atoms with Crippen LogP contribution in [0.15, 0.2) is 30.6 Å². The Labute approximate surface area is 132 Å². The summed E-state index contributed by atoms with van der Waals surface area (Å²) in [6.45, 7) is 3.54. The third kappa shape index (κ3) is 2.40. The van der Waals surface area contributed by atoms with Crippen molar-refractivity contribution in [3.05, 3.63) is 47.8 Å². The highest BCUT2D eigenvalue weighted by atomic mass is 19.1. The van der Waals surface area contributed by atoms with Gasteiger partial charge in [-0.15, -0.1) is 0 Å². The molecular formula is C16H18F2N2O3. The number of hydrogen-bond donors (Lipinski definition) is 2. The largest absolute Gasteiger partial charge is 0.394 e. The molecule has 3 rings (SSSR count). The van der Waals surface area contributed by atoms with Crippen LogP contribution >= 0.6 is 0 Å². The number of nitrogens with zero attached hydrogens (tertiary/aromatic N) is 1. The second-order valence-corrected chi connectivity index (χ2v) is 5.97. The van der Waals surface area contributed by atoms with Crippen LogP contribution in [0.2, 0.25) is 0 Å². The lowest BCUT2D eigenvalue weighted by Gasteiger charge is -2.52. The maximum Gasteiger partial charge on any atom is 0.233 e. The first-order chi connectivity index (χ1) is 10.9. The number of amides is 1. The number of aliphatic hydroxyl groups excluding tert-OH is 1. The van der Waals surface area contributed by atoms with E-state index in [1.807, 2.05) is 0 Å². The molecule has 5 nitrogen and oxygen atoms in total. The van der Waals surface area contributed by atoms with Crippen LogP contribution in [0, 0.1) is 17.6 Å². The molecule has 0 aromatic heterocycles. The van der Waals surface area contributed by atoms with Crippen molar-refractivity contribution in [1.82, 2.24) is 10.2 Å². The first-order valence-electron chi connectivity index (χ1n) is 7.31. The van der Waals surface area contributed by atoms with E-state index in [2.05, 4.69) is 11.9 Å². The minimum absolute atomic E-state index is 0.0238. The van der Waals surface area contributed by atoms with Gasteiger partial charge in [0.05, 0.1) is 25.2 Å². The molecule has 2 aliphatic heterocycles. The zero-order chi connectivity index (χ0) is 16.8. The van der Waals surface area contributed by atoms with Crippen molar-refractivity contribution in [2.24, 2.45) is 5.92 Å². The van der Waals surface area contributed by atoms with Gasteiger partial charge in [-0.1, -0.05) is 12.6 Å². The molecule has 1 amide bonds. The minimum atomic E-state index is -1.16. The molecule has 2 aliphatic rings. The second kappa shape index (κ2) is 5.58. The number of halogens is 2. The van der Waals surface area contributed by atoms with Crippen molar-refractivity contribution in [2.75, 3.05) is 20.3 Å². The Kier molecular flexibility index (Phi) is 3.85. The molecule has 0 saturated carbocycles. The summed E-state index contributed by atoms with van der Waals surface area (Å²) < 4.78 is 33.2. The molecule has 2 saturated heterocycles. The van der Waals surface area contributed by atoms with Crippen LogP contribution in [-0.4, -0.2) is 42.3 Å². The fourth-order valence-electron chi connectivity index (χ4n) is 3.34. The van der Waals surface area contributed by atoms with Crippen molar-refractivity contribution >= 4 is 5.91 Å². The van der Waals surface area contributed by atoms with Crippen LogP contribution in [0.4, 0.5) is 8.78 Å². The van der Waals surface area contributed by atoms with E-state index in [0.29, 0.717) is 5.82 Å². The molecular weight excluding hydrogens is 306 g/mol. The van der Waals surface area contributed by atoms with Crippen molar-refractivity contribution in [1.29, 1.82) is 0 Å². The molecule has 1 aromatic rings. The fourth-order valence-corrected chi connectivity index (χ4v) is 3.34. The van der Waals surface area contributed by atoms with Gasteiger partial charge in [-0.25, -0.2) is 8.78 Å². The number of ether oxygens (including phenoxy) is 1. The zero-order valence-corrected chi connectivity index (χ0v) is 12.7. The number of nitrogens with one attached hydrogen (secondary N) is 1. The van der Waals surface area contributed by atoms with Crippen LogP contribution in [0.25, 0.3) is 0 Å². The fraction of sp³-hybridized carbons (Fsp3) is 0.438. The summed E-state index contributed by atoms with van der Waals surface area (Å²) in [6.07, 6.45) is -0.265. The first-order valence-corrected chi connectivity index (χ1v) is 7.31. The van der Waals surface area contributed by atoms with Crippen LogP contribution in [0.5, 0.6) is 0 Å². The van der Waals surface area contributed by atoms with E-state index in [0.717, 1.165) is 12.1 Å². The molecule has 0 bridgehead atoms. The molecule has 0 aliphatic carbocycles. The van der Waals surface area contributed by atoms with Gasteiger partial charge in [0.25, 0.3) is 0 Å². The first kappa shape index (κ1) is 15.9. The number of rotatable bonds is 2. The number of benzene rings is 1. The number of aliphatic hydroxyl groups is 1. The van der Waals surface area contributed by atoms with E-state index in [9.17, 15) is 18.7 Å². The summed E-state index contributed by atoms with van der Waals surface area (Å²) in [4.78, 5) is 14.0. The average molecular weight is 324 g/mol. The van der Waals surface area contributed by atoms with Gasteiger partial charge in [-0.3, -0.25) is 4.79 Å². The molecule has 2 fully saturated rings. The predicted molar refractivity (Wildman–Crippen MR) is 78.0 cm³/mol. The lowest BCUT2D eigenvalue weighted by Crippen LogP contribution is -2.66. The summed E-state index contributed by atoms with van der Waals surface area (Å²) in [5, 5.41) is 12.4. The monoisotopic (exact) mass is 324 g/mol. The van der Waals surface area contributed by atoms with E-state index in [4.69, 9.17) is 4.74 Å². The van der Waals surface area contributed by atoms with Crippen LogP contribution in [-0.2, 0) is 15.1 Å². The van der Waals surface area contributed by atoms with Crippen LogP contribution in [0.1, 0.15) is 12.0 Å². The van der Waals surface area contributed by atoms with E-state index in [-0.39, 0.29) is 31.1 Å². The summed E-state index contributed by atoms with van der Waals surface area (Å²) >= 11 is 0. The van der Waals surface area contributed by atoms with Gasteiger partial charge in [0.1, 0.15) is 23.0 Å². The Bertz CT molecular complexity index is 667. The molecule has 1 aromatic carbocycles. The summed E-state index contributed by atoms with van der Waals surface area (Å²) in [6, 6.07) is 3.25. The number of fused-ring (bicyclic) bond motifs is 1. The quantitative estimate of drug-likeness (QED) is 0.855. The normalized spacial score (nSPS) is 30.9. The smallest absolute Gasteiger partial charge is 0.233 e. The van der Waals surface area contributed by atoms with E-state index in [1.165, 1.54) is 11.0 Å². The topological polar surface area (TPSA) is 61.8 Å². The second-order valence-electron chi connectivity index (χ2n) is 5.97. The predicted octanol–water partition coefficient (Wildman–Crippen LogP) is 1.09. The lowest BCUT2D eigenvalue weighted by atomic mass is 9.71. The van der Waals surface area contributed by atoms with Crippen molar-refractivity contribution in [3.8, 4) is 0 Å². The summed E-state index contributed by atoms with van der Waals surface area (Å²) in [5.74, 6) is -2.01. The maximum absolute atomic E-state index is 14.4. The Morgan fingerprint density at radius 3 is 2.91 bits per heavy atom. The van der Waals surface area contributed by atoms with E-state index in [1.54, 1.807) is 7.05 Å². The molecule has 23 heavy (non-hydrogen) atoms. The van der Waals surface area contributed by atoms with Gasteiger partial charge < -0.3 is 20.1 Å². The van der Waals surface area contributed by atoms with Crippen molar-refractivity contribution in [2.45, 2.75) is 18.1 Å². The minimum Gasteiger partial charge on any atom is -0.394 e.